The number of benzene rings is 1. The average Bonchev–Trinajstić information content (AvgIpc) is 2.22. The monoisotopic (exact) mass is 289 g/mol. The molecule has 0 aliphatic heterocycles. The summed E-state index contributed by atoms with van der Waals surface area (Å²) in [5.74, 6) is -0.340. The smallest absolute Gasteiger partial charge is 0.139 e. The third kappa shape index (κ3) is 2.91. The van der Waals surface area contributed by atoms with Gasteiger partial charge in [-0.05, 0) is 22.0 Å². The number of nitrogens with two attached hydrogens (primary N) is 1. The first-order valence-electron chi connectivity index (χ1n) is 3.86. The maximum absolute atomic E-state index is 13.2. The van der Waals surface area contributed by atoms with Gasteiger partial charge in [0.2, 0.25) is 0 Å². The molecular weight excluding hydrogens is 284 g/mol. The number of nitriles is 1. The summed E-state index contributed by atoms with van der Waals surface area (Å²) in [7, 11) is 0. The lowest BCUT2D eigenvalue weighted by Crippen LogP contribution is -2.12. The Labute approximate surface area is 99.5 Å². The van der Waals surface area contributed by atoms with Gasteiger partial charge in [0.1, 0.15) is 17.7 Å². The van der Waals surface area contributed by atoms with Crippen molar-refractivity contribution in [1.29, 1.82) is 5.26 Å². The van der Waals surface area contributed by atoms with E-state index >= 15 is 0 Å². The van der Waals surface area contributed by atoms with Crippen LogP contribution in [0, 0.1) is 17.1 Å². The largest absolute Gasteiger partial charge is 0.386 e. The van der Waals surface area contributed by atoms with Gasteiger partial charge < -0.3 is 5.73 Å². The van der Waals surface area contributed by atoms with E-state index in [1.807, 2.05) is 6.07 Å². The van der Waals surface area contributed by atoms with Crippen LogP contribution in [0.3, 0.4) is 0 Å². The van der Waals surface area contributed by atoms with Gasteiger partial charge >= 0.3 is 0 Å². The number of hydrogen-bond donors (Lipinski definition) is 1. The molecule has 15 heavy (non-hydrogen) atoms. The maximum Gasteiger partial charge on any atom is 0.139 e. The van der Waals surface area contributed by atoms with Crippen molar-refractivity contribution in [1.82, 2.24) is 0 Å². The number of alkyl halides is 1. The molecule has 6 heteroatoms. The summed E-state index contributed by atoms with van der Waals surface area (Å²) in [6, 6.07) is 4.36. The van der Waals surface area contributed by atoms with Gasteiger partial charge in [-0.25, -0.2) is 9.38 Å². The van der Waals surface area contributed by atoms with Gasteiger partial charge in [-0.15, -0.1) is 11.6 Å². The molecule has 0 atom stereocenters. The molecule has 2 N–H and O–H groups in total. The van der Waals surface area contributed by atoms with Gasteiger partial charge in [-0.3, -0.25) is 0 Å². The standard InChI is InChI=1S/C9H6BrClFN3/c10-6-1-5(4-13)8(2-7(6)12)15-9(14)3-11/h1-2H,3H2,(H2,14,15). The van der Waals surface area contributed by atoms with Crippen molar-refractivity contribution in [3.8, 4) is 6.07 Å². The third-order valence-electron chi connectivity index (χ3n) is 1.56. The van der Waals surface area contributed by atoms with Crippen molar-refractivity contribution in [3.05, 3.63) is 28.0 Å². The van der Waals surface area contributed by atoms with Crippen LogP contribution in [0.5, 0.6) is 0 Å². The fourth-order valence-electron chi connectivity index (χ4n) is 0.903. The molecule has 1 aromatic rings. The van der Waals surface area contributed by atoms with Crippen LogP contribution >= 0.6 is 27.5 Å². The minimum atomic E-state index is -0.505. The van der Waals surface area contributed by atoms with Crippen LogP contribution in [0.25, 0.3) is 0 Å². The summed E-state index contributed by atoms with van der Waals surface area (Å²) in [4.78, 5) is 3.83. The minimum absolute atomic E-state index is 0.0303. The zero-order chi connectivity index (χ0) is 11.4. The Morgan fingerprint density at radius 3 is 2.87 bits per heavy atom. The fourth-order valence-corrected chi connectivity index (χ4v) is 1.31. The van der Waals surface area contributed by atoms with Crippen molar-refractivity contribution in [2.45, 2.75) is 0 Å². The van der Waals surface area contributed by atoms with Crippen LogP contribution in [0.15, 0.2) is 21.6 Å². The van der Waals surface area contributed by atoms with E-state index in [0.717, 1.165) is 6.07 Å². The molecule has 78 valence electrons. The molecule has 0 saturated heterocycles. The second-order valence-electron chi connectivity index (χ2n) is 2.63. The van der Waals surface area contributed by atoms with Gasteiger partial charge in [-0.1, -0.05) is 0 Å². The molecule has 0 saturated carbocycles. The predicted molar refractivity (Wildman–Crippen MR) is 60.8 cm³/mol. The average molecular weight is 291 g/mol. The van der Waals surface area contributed by atoms with Crippen molar-refractivity contribution in [3.63, 3.8) is 0 Å². The van der Waals surface area contributed by atoms with E-state index in [9.17, 15) is 4.39 Å². The Morgan fingerprint density at radius 2 is 2.33 bits per heavy atom. The molecule has 0 heterocycles. The highest BCUT2D eigenvalue weighted by molar-refractivity contribution is 9.10. The molecule has 0 amide bonds. The van der Waals surface area contributed by atoms with E-state index in [4.69, 9.17) is 22.6 Å². The van der Waals surface area contributed by atoms with Crippen LogP contribution in [0.4, 0.5) is 10.1 Å². The van der Waals surface area contributed by atoms with Crippen molar-refractivity contribution >= 4 is 39.1 Å². The molecule has 0 aliphatic carbocycles. The Balaban J connectivity index is 3.30. The Kier molecular flexibility index (Phi) is 4.06. The first kappa shape index (κ1) is 12.0. The third-order valence-corrected chi connectivity index (χ3v) is 2.44. The number of halogens is 3. The van der Waals surface area contributed by atoms with Gasteiger partial charge in [-0.2, -0.15) is 5.26 Å². The number of aliphatic imine (C=N–C) groups is 1. The van der Waals surface area contributed by atoms with Gasteiger partial charge in [0.15, 0.2) is 0 Å². The minimum Gasteiger partial charge on any atom is -0.386 e. The first-order chi connectivity index (χ1) is 7.08. The SMILES string of the molecule is N#Cc1cc(Br)c(F)cc1N=C(N)CCl. The highest BCUT2D eigenvalue weighted by Crippen LogP contribution is 2.26. The van der Waals surface area contributed by atoms with Gasteiger partial charge in [0.25, 0.3) is 0 Å². The van der Waals surface area contributed by atoms with Gasteiger partial charge in [0.05, 0.1) is 21.6 Å². The van der Waals surface area contributed by atoms with E-state index in [1.54, 1.807) is 0 Å². The van der Waals surface area contributed by atoms with Crippen LogP contribution in [0.1, 0.15) is 5.56 Å². The number of rotatable bonds is 2. The van der Waals surface area contributed by atoms with Crippen molar-refractivity contribution in [2.75, 3.05) is 5.88 Å². The highest BCUT2D eigenvalue weighted by Gasteiger charge is 2.07. The lowest BCUT2D eigenvalue weighted by Gasteiger charge is -2.01. The predicted octanol–water partition coefficient (Wildman–Crippen LogP) is 2.69. The number of nitrogens with zero attached hydrogens (tertiary/aromatic N) is 2. The topological polar surface area (TPSA) is 62.2 Å². The normalized spacial score (nSPS) is 11.2. The second kappa shape index (κ2) is 5.10. The molecule has 3 nitrogen and oxygen atoms in total. The molecule has 0 aromatic heterocycles. The lowest BCUT2D eigenvalue weighted by atomic mass is 10.2. The van der Waals surface area contributed by atoms with E-state index in [1.165, 1.54) is 6.07 Å². The lowest BCUT2D eigenvalue weighted by molar-refractivity contribution is 0.621. The van der Waals surface area contributed by atoms with Crippen LogP contribution in [-0.2, 0) is 0 Å². The van der Waals surface area contributed by atoms with E-state index in [-0.39, 0.29) is 27.4 Å². The molecular formula is C9H6BrClFN3. The molecule has 0 aliphatic rings. The summed E-state index contributed by atoms with van der Waals surface area (Å²) >= 11 is 8.40. The summed E-state index contributed by atoms with van der Waals surface area (Å²) in [6.07, 6.45) is 0. The van der Waals surface area contributed by atoms with E-state index < -0.39 is 5.82 Å². The van der Waals surface area contributed by atoms with Crippen molar-refractivity contribution < 1.29 is 4.39 Å². The summed E-state index contributed by atoms with van der Waals surface area (Å²) in [5.41, 5.74) is 5.80. The van der Waals surface area contributed by atoms with E-state index in [0.29, 0.717) is 0 Å². The summed E-state index contributed by atoms with van der Waals surface area (Å²) in [6.45, 7) is 0. The zero-order valence-corrected chi connectivity index (χ0v) is 9.81. The second-order valence-corrected chi connectivity index (χ2v) is 3.75. The maximum atomic E-state index is 13.2. The van der Waals surface area contributed by atoms with Crippen molar-refractivity contribution in [2.24, 2.45) is 10.7 Å². The van der Waals surface area contributed by atoms with Crippen LogP contribution in [0.2, 0.25) is 0 Å². The molecule has 0 radical (unpaired) electrons. The Morgan fingerprint density at radius 1 is 1.67 bits per heavy atom. The van der Waals surface area contributed by atoms with Gasteiger partial charge in [0, 0.05) is 6.07 Å². The quantitative estimate of drug-likeness (QED) is 0.517. The highest BCUT2D eigenvalue weighted by atomic mass is 79.9. The molecule has 0 bridgehead atoms. The Bertz CT molecular complexity index is 453. The Hall–Kier alpha value is -1.12. The van der Waals surface area contributed by atoms with Crippen LogP contribution < -0.4 is 5.73 Å². The molecule has 0 spiro atoms. The van der Waals surface area contributed by atoms with E-state index in [2.05, 4.69) is 20.9 Å². The number of amidine groups is 1. The molecule has 0 unspecified atom stereocenters. The fraction of sp³-hybridized carbons (Fsp3) is 0.111. The van der Waals surface area contributed by atoms with Crippen LogP contribution in [-0.4, -0.2) is 11.7 Å². The summed E-state index contributed by atoms with van der Waals surface area (Å²) < 4.78 is 13.4. The first-order valence-corrected chi connectivity index (χ1v) is 5.19. The summed E-state index contributed by atoms with van der Waals surface area (Å²) in [5, 5.41) is 8.78. The molecule has 1 rings (SSSR count). The number of hydrogen-bond acceptors (Lipinski definition) is 2. The molecule has 1 aromatic carbocycles. The zero-order valence-electron chi connectivity index (χ0n) is 7.47. The molecule has 0 fully saturated rings.